The third-order valence-electron chi connectivity index (χ3n) is 3.86. The molecule has 0 fully saturated rings. The van der Waals surface area contributed by atoms with Crippen LogP contribution in [-0.2, 0) is 19.4 Å². The van der Waals surface area contributed by atoms with Gasteiger partial charge in [0, 0.05) is 12.6 Å². The third-order valence-corrected chi connectivity index (χ3v) is 3.86. The fourth-order valence-corrected chi connectivity index (χ4v) is 2.78. The van der Waals surface area contributed by atoms with Gasteiger partial charge in [0.05, 0.1) is 0 Å². The van der Waals surface area contributed by atoms with E-state index in [2.05, 4.69) is 35.6 Å². The summed E-state index contributed by atoms with van der Waals surface area (Å²) in [6.45, 7) is 0.916. The van der Waals surface area contributed by atoms with Crippen LogP contribution in [0.2, 0.25) is 0 Å². The Morgan fingerprint density at radius 3 is 2.65 bits per heavy atom. The lowest BCUT2D eigenvalue weighted by Crippen LogP contribution is -2.34. The molecule has 0 saturated heterocycles. The van der Waals surface area contributed by atoms with Crippen molar-refractivity contribution in [1.82, 2.24) is 5.32 Å². The SMILES string of the molecule is Br.Oc1ccc2c(c1)CC(NCc1ccccc1)CC2. The average molecular weight is 334 g/mol. The minimum absolute atomic E-state index is 0. The van der Waals surface area contributed by atoms with E-state index in [9.17, 15) is 5.11 Å². The Labute approximate surface area is 130 Å². The van der Waals surface area contributed by atoms with E-state index in [4.69, 9.17) is 0 Å². The predicted molar refractivity (Wildman–Crippen MR) is 87.5 cm³/mol. The lowest BCUT2D eigenvalue weighted by molar-refractivity contribution is 0.449. The molecule has 3 rings (SSSR count). The number of benzene rings is 2. The highest BCUT2D eigenvalue weighted by atomic mass is 79.9. The minimum atomic E-state index is 0. The second kappa shape index (κ2) is 6.91. The van der Waals surface area contributed by atoms with Gasteiger partial charge in [-0.25, -0.2) is 0 Å². The van der Waals surface area contributed by atoms with Gasteiger partial charge in [0.15, 0.2) is 0 Å². The highest BCUT2D eigenvalue weighted by molar-refractivity contribution is 8.93. The van der Waals surface area contributed by atoms with Crippen LogP contribution < -0.4 is 5.32 Å². The van der Waals surface area contributed by atoms with E-state index in [1.54, 1.807) is 6.07 Å². The number of phenolic OH excluding ortho intramolecular Hbond substituents is 1. The summed E-state index contributed by atoms with van der Waals surface area (Å²) in [6.07, 6.45) is 3.28. The van der Waals surface area contributed by atoms with Crippen LogP contribution in [0.15, 0.2) is 48.5 Å². The van der Waals surface area contributed by atoms with Crippen LogP contribution in [0.1, 0.15) is 23.1 Å². The molecular weight excluding hydrogens is 314 g/mol. The van der Waals surface area contributed by atoms with Gasteiger partial charge in [-0.05, 0) is 48.1 Å². The van der Waals surface area contributed by atoms with Gasteiger partial charge >= 0.3 is 0 Å². The minimum Gasteiger partial charge on any atom is -0.508 e. The number of aromatic hydroxyl groups is 1. The molecule has 0 spiro atoms. The molecule has 1 unspecified atom stereocenters. The van der Waals surface area contributed by atoms with Crippen molar-refractivity contribution in [2.24, 2.45) is 0 Å². The van der Waals surface area contributed by atoms with Crippen LogP contribution in [0.3, 0.4) is 0 Å². The van der Waals surface area contributed by atoms with Crippen LogP contribution in [0.25, 0.3) is 0 Å². The van der Waals surface area contributed by atoms with Crippen molar-refractivity contribution in [3.63, 3.8) is 0 Å². The smallest absolute Gasteiger partial charge is 0.115 e. The average Bonchev–Trinajstić information content (AvgIpc) is 2.46. The molecule has 1 atom stereocenters. The van der Waals surface area contributed by atoms with Gasteiger partial charge in [-0.15, -0.1) is 17.0 Å². The zero-order valence-corrected chi connectivity index (χ0v) is 13.1. The zero-order chi connectivity index (χ0) is 13.1. The van der Waals surface area contributed by atoms with Crippen LogP contribution in [0.5, 0.6) is 5.75 Å². The number of hydrogen-bond acceptors (Lipinski definition) is 2. The summed E-state index contributed by atoms with van der Waals surface area (Å²) in [5.41, 5.74) is 4.00. The molecule has 0 saturated carbocycles. The number of nitrogens with one attached hydrogen (secondary N) is 1. The number of hydrogen-bond donors (Lipinski definition) is 2. The molecule has 0 aliphatic heterocycles. The van der Waals surface area contributed by atoms with Crippen molar-refractivity contribution in [2.45, 2.75) is 31.8 Å². The Kier molecular flexibility index (Phi) is 5.21. The Bertz CT molecular complexity index is 556. The maximum atomic E-state index is 9.56. The number of fused-ring (bicyclic) bond motifs is 1. The second-order valence-corrected chi connectivity index (χ2v) is 5.26. The molecule has 0 radical (unpaired) electrons. The summed E-state index contributed by atoms with van der Waals surface area (Å²) in [4.78, 5) is 0. The van der Waals surface area contributed by atoms with E-state index < -0.39 is 0 Å². The normalized spacial score (nSPS) is 17.1. The maximum Gasteiger partial charge on any atom is 0.115 e. The molecule has 1 aliphatic carbocycles. The molecule has 3 heteroatoms. The monoisotopic (exact) mass is 333 g/mol. The number of phenols is 1. The topological polar surface area (TPSA) is 32.3 Å². The Morgan fingerprint density at radius 1 is 1.05 bits per heavy atom. The van der Waals surface area contributed by atoms with Crippen LogP contribution in [0.4, 0.5) is 0 Å². The van der Waals surface area contributed by atoms with Gasteiger partial charge in [0.2, 0.25) is 0 Å². The Hall–Kier alpha value is -1.32. The molecule has 106 valence electrons. The first-order valence-corrected chi connectivity index (χ1v) is 6.89. The summed E-state index contributed by atoms with van der Waals surface area (Å²) >= 11 is 0. The zero-order valence-electron chi connectivity index (χ0n) is 11.4. The molecule has 2 N–H and O–H groups in total. The molecule has 0 heterocycles. The molecule has 0 amide bonds. The molecule has 2 aromatic carbocycles. The first-order chi connectivity index (χ1) is 9.31. The van der Waals surface area contributed by atoms with E-state index in [1.165, 1.54) is 23.1 Å². The van der Waals surface area contributed by atoms with Gasteiger partial charge in [-0.3, -0.25) is 0 Å². The number of halogens is 1. The molecule has 1 aliphatic rings. The van der Waals surface area contributed by atoms with Gasteiger partial charge in [0.1, 0.15) is 5.75 Å². The fraction of sp³-hybridized carbons (Fsp3) is 0.294. The number of aryl methyl sites for hydroxylation is 1. The van der Waals surface area contributed by atoms with E-state index >= 15 is 0 Å². The van der Waals surface area contributed by atoms with Crippen molar-refractivity contribution in [3.8, 4) is 5.75 Å². The van der Waals surface area contributed by atoms with Gasteiger partial charge < -0.3 is 10.4 Å². The lowest BCUT2D eigenvalue weighted by Gasteiger charge is -2.25. The molecule has 2 aromatic rings. The van der Waals surface area contributed by atoms with Crippen molar-refractivity contribution in [3.05, 3.63) is 65.2 Å². The fourth-order valence-electron chi connectivity index (χ4n) is 2.78. The Morgan fingerprint density at radius 2 is 1.85 bits per heavy atom. The molecule has 0 aromatic heterocycles. The predicted octanol–water partition coefficient (Wildman–Crippen LogP) is 3.62. The summed E-state index contributed by atoms with van der Waals surface area (Å²) in [6, 6.07) is 16.7. The summed E-state index contributed by atoms with van der Waals surface area (Å²) in [7, 11) is 0. The van der Waals surface area contributed by atoms with Gasteiger partial charge in [0.25, 0.3) is 0 Å². The van der Waals surface area contributed by atoms with Gasteiger partial charge in [-0.2, -0.15) is 0 Å². The van der Waals surface area contributed by atoms with E-state index in [-0.39, 0.29) is 17.0 Å². The molecule has 2 nitrogen and oxygen atoms in total. The summed E-state index contributed by atoms with van der Waals surface area (Å²) in [5.74, 6) is 0.377. The highest BCUT2D eigenvalue weighted by Gasteiger charge is 2.18. The molecular formula is C17H20BrNO. The van der Waals surface area contributed by atoms with Crippen LogP contribution in [-0.4, -0.2) is 11.1 Å². The number of rotatable bonds is 3. The van der Waals surface area contributed by atoms with Crippen molar-refractivity contribution < 1.29 is 5.11 Å². The van der Waals surface area contributed by atoms with Crippen molar-refractivity contribution in [1.29, 1.82) is 0 Å². The second-order valence-electron chi connectivity index (χ2n) is 5.26. The summed E-state index contributed by atoms with van der Waals surface area (Å²) < 4.78 is 0. The molecule has 20 heavy (non-hydrogen) atoms. The summed E-state index contributed by atoms with van der Waals surface area (Å²) in [5, 5.41) is 13.2. The van der Waals surface area contributed by atoms with E-state index in [0.717, 1.165) is 19.4 Å². The quantitative estimate of drug-likeness (QED) is 0.899. The van der Waals surface area contributed by atoms with Crippen LogP contribution >= 0.6 is 17.0 Å². The molecule has 0 bridgehead atoms. The maximum absolute atomic E-state index is 9.56. The Balaban J connectivity index is 0.00000147. The van der Waals surface area contributed by atoms with Crippen molar-refractivity contribution in [2.75, 3.05) is 0 Å². The van der Waals surface area contributed by atoms with Crippen LogP contribution in [0, 0.1) is 0 Å². The van der Waals surface area contributed by atoms with E-state index in [0.29, 0.717) is 11.8 Å². The van der Waals surface area contributed by atoms with E-state index in [1.807, 2.05) is 12.1 Å². The standard InChI is InChI=1S/C17H19NO.BrH/c19-17-9-7-14-6-8-16(10-15(14)11-17)18-12-13-4-2-1-3-5-13;/h1-5,7,9,11,16,18-19H,6,8,10,12H2;1H. The lowest BCUT2D eigenvalue weighted by atomic mass is 9.88. The van der Waals surface area contributed by atoms with Crippen molar-refractivity contribution >= 4 is 17.0 Å². The van der Waals surface area contributed by atoms with Gasteiger partial charge in [-0.1, -0.05) is 36.4 Å². The third kappa shape index (κ3) is 3.62. The highest BCUT2D eigenvalue weighted by Crippen LogP contribution is 2.25. The first-order valence-electron chi connectivity index (χ1n) is 6.89. The first kappa shape index (κ1) is 15.1. The largest absolute Gasteiger partial charge is 0.508 e.